The number of hydrogen-bond donors (Lipinski definition) is 2. The number of rotatable bonds is 12. The summed E-state index contributed by atoms with van der Waals surface area (Å²) in [7, 11) is 0. The van der Waals surface area contributed by atoms with E-state index >= 15 is 0 Å². The summed E-state index contributed by atoms with van der Waals surface area (Å²) in [5.41, 5.74) is 6.46. The third-order valence-corrected chi connectivity index (χ3v) is 8.51. The molecule has 0 fully saturated rings. The van der Waals surface area contributed by atoms with Crippen LogP contribution >= 0.6 is 11.8 Å². The van der Waals surface area contributed by atoms with Gasteiger partial charge in [0, 0.05) is 17.1 Å². The number of carbonyl (C=O) groups excluding carboxylic acids is 1. The van der Waals surface area contributed by atoms with Crippen molar-refractivity contribution < 1.29 is 9.53 Å². The molecule has 1 amide bonds. The minimum Gasteiger partial charge on any atom is -0.494 e. The van der Waals surface area contributed by atoms with Gasteiger partial charge in [0.2, 0.25) is 11.1 Å². The number of unbranched alkanes of at least 4 members (excludes halogenated alkanes) is 3. The van der Waals surface area contributed by atoms with Gasteiger partial charge >= 0.3 is 0 Å². The van der Waals surface area contributed by atoms with Crippen LogP contribution in [0.15, 0.2) is 89.2 Å². The van der Waals surface area contributed by atoms with Crippen LogP contribution in [0.3, 0.4) is 0 Å². The first-order valence-corrected chi connectivity index (χ1v) is 15.6. The van der Waals surface area contributed by atoms with Crippen molar-refractivity contribution in [1.29, 1.82) is 0 Å². The molecule has 7 nitrogen and oxygen atoms in total. The number of carbonyl (C=O) groups is 1. The van der Waals surface area contributed by atoms with E-state index in [1.54, 1.807) is 11.8 Å². The highest BCUT2D eigenvalue weighted by Gasteiger charge is 2.34. The molecule has 1 unspecified atom stereocenters. The van der Waals surface area contributed by atoms with Crippen molar-refractivity contribution in [3.63, 3.8) is 0 Å². The van der Waals surface area contributed by atoms with Crippen LogP contribution in [-0.2, 0) is 10.5 Å². The zero-order chi connectivity index (χ0) is 29.5. The van der Waals surface area contributed by atoms with Gasteiger partial charge in [0.05, 0.1) is 12.2 Å². The molecule has 5 rings (SSSR count). The van der Waals surface area contributed by atoms with Crippen LogP contribution in [0.4, 0.5) is 11.6 Å². The van der Waals surface area contributed by atoms with E-state index in [2.05, 4.69) is 29.7 Å². The number of nitrogens with zero attached hydrogens (tertiary/aromatic N) is 3. The summed E-state index contributed by atoms with van der Waals surface area (Å²) in [5.74, 6) is 2.03. The highest BCUT2D eigenvalue weighted by molar-refractivity contribution is 7.98. The van der Waals surface area contributed by atoms with E-state index in [1.165, 1.54) is 24.8 Å². The Bertz CT molecular complexity index is 1550. The van der Waals surface area contributed by atoms with Gasteiger partial charge in [-0.05, 0) is 67.6 Å². The lowest BCUT2D eigenvalue weighted by atomic mass is 9.94. The second kappa shape index (κ2) is 13.7. The monoisotopic (exact) mass is 581 g/mol. The van der Waals surface area contributed by atoms with E-state index in [4.69, 9.17) is 14.8 Å². The first-order chi connectivity index (χ1) is 20.4. The Kier molecular flexibility index (Phi) is 9.64. The number of aryl methyl sites for hydroxylation is 1. The average Bonchev–Trinajstić information content (AvgIpc) is 3.41. The van der Waals surface area contributed by atoms with Crippen LogP contribution in [0.5, 0.6) is 5.75 Å². The second-order valence-electron chi connectivity index (χ2n) is 10.7. The van der Waals surface area contributed by atoms with Gasteiger partial charge in [-0.15, -0.1) is 5.10 Å². The predicted molar refractivity (Wildman–Crippen MR) is 171 cm³/mol. The fourth-order valence-corrected chi connectivity index (χ4v) is 5.84. The molecule has 0 radical (unpaired) electrons. The molecule has 0 spiro atoms. The van der Waals surface area contributed by atoms with Crippen molar-refractivity contribution in [2.24, 2.45) is 0 Å². The Morgan fingerprint density at radius 2 is 1.76 bits per heavy atom. The zero-order valence-corrected chi connectivity index (χ0v) is 25.6. The Labute approximate surface area is 252 Å². The number of hydrogen-bond acceptors (Lipinski definition) is 6. The van der Waals surface area contributed by atoms with Crippen molar-refractivity contribution in [3.8, 4) is 5.75 Å². The van der Waals surface area contributed by atoms with Gasteiger partial charge in [0.25, 0.3) is 5.91 Å². The van der Waals surface area contributed by atoms with Gasteiger partial charge in [0.15, 0.2) is 0 Å². The lowest BCUT2D eigenvalue weighted by Crippen LogP contribution is -2.31. The van der Waals surface area contributed by atoms with Crippen molar-refractivity contribution in [2.45, 2.75) is 70.3 Å². The minimum absolute atomic E-state index is 0.172. The van der Waals surface area contributed by atoms with Gasteiger partial charge < -0.3 is 15.4 Å². The maximum absolute atomic E-state index is 13.9. The topological polar surface area (TPSA) is 81.1 Å². The zero-order valence-electron chi connectivity index (χ0n) is 24.8. The third kappa shape index (κ3) is 6.87. The Balaban J connectivity index is 1.43. The van der Waals surface area contributed by atoms with E-state index in [9.17, 15) is 4.79 Å². The van der Waals surface area contributed by atoms with E-state index in [-0.39, 0.29) is 5.91 Å². The third-order valence-electron chi connectivity index (χ3n) is 7.60. The van der Waals surface area contributed by atoms with E-state index in [0.29, 0.717) is 23.3 Å². The van der Waals surface area contributed by atoms with Crippen molar-refractivity contribution in [2.75, 3.05) is 17.2 Å². The van der Waals surface area contributed by atoms with E-state index < -0.39 is 6.04 Å². The molecule has 0 bridgehead atoms. The molecule has 4 aromatic rings. The maximum atomic E-state index is 13.9. The molecule has 0 saturated heterocycles. The number of benzene rings is 3. The quantitative estimate of drug-likeness (QED) is 0.130. The summed E-state index contributed by atoms with van der Waals surface area (Å²) in [4.78, 5) is 18.7. The molecular weight excluding hydrogens is 542 g/mol. The van der Waals surface area contributed by atoms with Gasteiger partial charge in [0.1, 0.15) is 11.8 Å². The van der Waals surface area contributed by atoms with E-state index in [0.717, 1.165) is 46.0 Å². The number of ether oxygens (including phenoxy) is 1. The van der Waals surface area contributed by atoms with Crippen LogP contribution in [0.2, 0.25) is 0 Å². The molecule has 1 atom stereocenters. The van der Waals surface area contributed by atoms with Gasteiger partial charge in [-0.2, -0.15) is 4.98 Å². The molecule has 3 aromatic carbocycles. The Hall–Kier alpha value is -4.04. The number of amides is 1. The lowest BCUT2D eigenvalue weighted by molar-refractivity contribution is -0.113. The predicted octanol–water partition coefficient (Wildman–Crippen LogP) is 8.07. The molecule has 0 saturated carbocycles. The molecule has 1 aromatic heterocycles. The molecule has 2 heterocycles. The summed E-state index contributed by atoms with van der Waals surface area (Å²) in [6.07, 6.45) is 4.64. The molecule has 1 aliphatic rings. The fourth-order valence-electron chi connectivity index (χ4n) is 5.06. The number of anilines is 2. The van der Waals surface area contributed by atoms with Crippen LogP contribution in [-0.4, -0.2) is 27.3 Å². The first kappa shape index (κ1) is 29.5. The Morgan fingerprint density at radius 3 is 2.52 bits per heavy atom. The average molecular weight is 582 g/mol. The summed E-state index contributed by atoms with van der Waals surface area (Å²) in [5, 5.41) is 12.1. The molecule has 8 heteroatoms. The largest absolute Gasteiger partial charge is 0.494 e. The molecule has 2 N–H and O–H groups in total. The fraction of sp³-hybridized carbons (Fsp3) is 0.324. The van der Waals surface area contributed by atoms with Crippen LogP contribution in [0.25, 0.3) is 0 Å². The standard InChI is InChI=1S/C34H39N5O2S/c1-5-6-7-11-21-41-28-19-17-27(18-20-28)31-30(32(40)36-29-16-12-13-23(2)24(29)3)25(4)35-33-37-34(38-39(31)33)42-22-26-14-9-8-10-15-26/h8-10,12-20,31H,5-7,11,21-22H2,1-4H3,(H,36,40)(H,35,37,38). The number of allylic oxidation sites excluding steroid dienone is 1. The van der Waals surface area contributed by atoms with Crippen LogP contribution < -0.4 is 15.4 Å². The number of thioether (sulfide) groups is 1. The number of fused-ring (bicyclic) bond motifs is 1. The maximum Gasteiger partial charge on any atom is 0.255 e. The molecule has 42 heavy (non-hydrogen) atoms. The summed E-state index contributed by atoms with van der Waals surface area (Å²) in [6, 6.07) is 23.8. The van der Waals surface area contributed by atoms with Crippen molar-refractivity contribution >= 4 is 29.3 Å². The highest BCUT2D eigenvalue weighted by Crippen LogP contribution is 2.38. The van der Waals surface area contributed by atoms with Gasteiger partial charge in [-0.25, -0.2) is 4.68 Å². The number of nitrogens with one attached hydrogen (secondary N) is 2. The first-order valence-electron chi connectivity index (χ1n) is 14.7. The Morgan fingerprint density at radius 1 is 0.976 bits per heavy atom. The minimum atomic E-state index is -0.455. The van der Waals surface area contributed by atoms with Gasteiger partial charge in [-0.3, -0.25) is 4.79 Å². The van der Waals surface area contributed by atoms with Crippen molar-refractivity contribution in [1.82, 2.24) is 14.8 Å². The SMILES string of the molecule is CCCCCCOc1ccc(C2C(C(=O)Nc3cccc(C)c3C)=C(C)Nc3nc(SCc4ccccc4)nn32)cc1. The smallest absolute Gasteiger partial charge is 0.255 e. The highest BCUT2D eigenvalue weighted by atomic mass is 32.2. The normalized spacial score (nSPS) is 14.3. The number of aromatic nitrogens is 3. The summed E-state index contributed by atoms with van der Waals surface area (Å²) >= 11 is 1.58. The molecule has 218 valence electrons. The molecule has 1 aliphatic heterocycles. The molecular formula is C34H39N5O2S. The second-order valence-corrected chi connectivity index (χ2v) is 11.6. The van der Waals surface area contributed by atoms with Crippen molar-refractivity contribution in [3.05, 3.63) is 106 Å². The lowest BCUT2D eigenvalue weighted by Gasteiger charge is -2.29. The van der Waals surface area contributed by atoms with Crippen LogP contribution in [0, 0.1) is 13.8 Å². The van der Waals surface area contributed by atoms with Crippen LogP contribution in [0.1, 0.15) is 67.8 Å². The van der Waals surface area contributed by atoms with Gasteiger partial charge in [-0.1, -0.05) is 92.5 Å². The summed E-state index contributed by atoms with van der Waals surface area (Å²) in [6.45, 7) is 8.90. The molecule has 0 aliphatic carbocycles. The summed E-state index contributed by atoms with van der Waals surface area (Å²) < 4.78 is 7.83. The van der Waals surface area contributed by atoms with E-state index in [1.807, 2.05) is 86.1 Å².